The highest BCUT2D eigenvalue weighted by Crippen LogP contribution is 2.37. The van der Waals surface area contributed by atoms with Crippen LogP contribution < -0.4 is 5.32 Å². The lowest BCUT2D eigenvalue weighted by molar-refractivity contribution is 0.104. The van der Waals surface area contributed by atoms with Crippen molar-refractivity contribution in [2.24, 2.45) is 5.92 Å². The Labute approximate surface area is 135 Å². The summed E-state index contributed by atoms with van der Waals surface area (Å²) in [5.74, 6) is 0.683. The van der Waals surface area contributed by atoms with Crippen LogP contribution >= 0.6 is 15.9 Å². The van der Waals surface area contributed by atoms with Crippen molar-refractivity contribution < 1.29 is 4.39 Å². The van der Waals surface area contributed by atoms with Crippen LogP contribution in [-0.4, -0.2) is 30.1 Å². The molecular weight excluding hydrogens is 331 g/mol. The molecule has 4 heteroatoms. The number of piperazine rings is 1. The molecule has 2 nitrogen and oxygen atoms in total. The Hall–Kier alpha value is -0.450. The molecule has 0 spiro atoms. The fraction of sp³-hybridized carbons (Fsp3) is 0.647. The van der Waals surface area contributed by atoms with Crippen LogP contribution in [0.5, 0.6) is 0 Å². The van der Waals surface area contributed by atoms with Gasteiger partial charge in [0.05, 0.1) is 4.47 Å². The molecule has 1 saturated carbocycles. The van der Waals surface area contributed by atoms with Gasteiger partial charge in [-0.3, -0.25) is 4.90 Å². The molecule has 2 unspecified atom stereocenters. The molecule has 2 fully saturated rings. The van der Waals surface area contributed by atoms with Crippen LogP contribution in [0.2, 0.25) is 0 Å². The van der Waals surface area contributed by atoms with Crippen molar-refractivity contribution >= 4 is 15.9 Å². The maximum atomic E-state index is 13.7. The van der Waals surface area contributed by atoms with Gasteiger partial charge < -0.3 is 5.32 Å². The molecule has 3 rings (SSSR count). The normalized spacial score (nSPS) is 27.0. The molecule has 1 aromatic carbocycles. The monoisotopic (exact) mass is 354 g/mol. The minimum Gasteiger partial charge on any atom is -0.311 e. The molecule has 2 atom stereocenters. The van der Waals surface area contributed by atoms with E-state index in [0.717, 1.165) is 31.1 Å². The second kappa shape index (κ2) is 6.76. The van der Waals surface area contributed by atoms with Crippen LogP contribution in [0.25, 0.3) is 0 Å². The molecule has 1 N–H and O–H groups in total. The number of nitrogens with one attached hydrogen (secondary N) is 1. The minimum absolute atomic E-state index is 0.157. The van der Waals surface area contributed by atoms with Gasteiger partial charge in [0.2, 0.25) is 0 Å². The third kappa shape index (κ3) is 3.66. The van der Waals surface area contributed by atoms with E-state index in [9.17, 15) is 4.39 Å². The summed E-state index contributed by atoms with van der Waals surface area (Å²) in [6.45, 7) is 5.25. The lowest BCUT2D eigenvalue weighted by Gasteiger charge is -2.41. The van der Waals surface area contributed by atoms with Crippen LogP contribution in [-0.2, 0) is 6.54 Å². The first kappa shape index (κ1) is 15.4. The maximum absolute atomic E-state index is 13.7. The fourth-order valence-electron chi connectivity index (χ4n) is 3.46. The van der Waals surface area contributed by atoms with Crippen molar-refractivity contribution in [2.75, 3.05) is 13.1 Å². The Kier molecular flexibility index (Phi) is 4.97. The Morgan fingerprint density at radius 2 is 2.19 bits per heavy atom. The molecule has 2 aliphatic rings. The SMILES string of the molecule is CCCC1CN(Cc2cccc(F)c2Br)C(C2CC2)CN1. The second-order valence-corrected chi connectivity index (χ2v) is 7.23. The second-order valence-electron chi connectivity index (χ2n) is 6.44. The van der Waals surface area contributed by atoms with Crippen LogP contribution in [0.3, 0.4) is 0 Å². The molecule has 1 aromatic rings. The molecule has 1 aliphatic heterocycles. The zero-order chi connectivity index (χ0) is 14.8. The molecule has 1 heterocycles. The third-order valence-electron chi connectivity index (χ3n) is 4.75. The number of hydrogen-bond acceptors (Lipinski definition) is 2. The van der Waals surface area contributed by atoms with Crippen LogP contribution in [0.4, 0.5) is 4.39 Å². The van der Waals surface area contributed by atoms with Gasteiger partial charge in [-0.15, -0.1) is 0 Å². The zero-order valence-corrected chi connectivity index (χ0v) is 14.2. The van der Waals surface area contributed by atoms with Crippen molar-refractivity contribution in [2.45, 2.75) is 51.2 Å². The van der Waals surface area contributed by atoms with E-state index in [4.69, 9.17) is 0 Å². The average Bonchev–Trinajstić information content (AvgIpc) is 3.29. The molecule has 0 aromatic heterocycles. The molecule has 0 bridgehead atoms. The van der Waals surface area contributed by atoms with Crippen LogP contribution in [0, 0.1) is 11.7 Å². The number of hydrogen-bond donors (Lipinski definition) is 1. The van der Waals surface area contributed by atoms with Gasteiger partial charge in [-0.2, -0.15) is 0 Å². The van der Waals surface area contributed by atoms with Crippen molar-refractivity contribution in [3.63, 3.8) is 0 Å². The lowest BCUT2D eigenvalue weighted by Crippen LogP contribution is -2.56. The molecule has 1 aliphatic carbocycles. The fourth-order valence-corrected chi connectivity index (χ4v) is 3.85. The number of rotatable bonds is 5. The van der Waals surface area contributed by atoms with Gasteiger partial charge >= 0.3 is 0 Å². The van der Waals surface area contributed by atoms with E-state index in [1.807, 2.05) is 12.1 Å². The van der Waals surface area contributed by atoms with Gasteiger partial charge in [-0.25, -0.2) is 4.39 Å². The summed E-state index contributed by atoms with van der Waals surface area (Å²) in [6, 6.07) is 6.57. The van der Waals surface area contributed by atoms with Crippen molar-refractivity contribution in [1.29, 1.82) is 0 Å². The highest BCUT2D eigenvalue weighted by Gasteiger charge is 2.38. The summed E-state index contributed by atoms with van der Waals surface area (Å²) in [7, 11) is 0. The summed E-state index contributed by atoms with van der Waals surface area (Å²) in [5, 5.41) is 3.71. The van der Waals surface area contributed by atoms with Gasteiger partial charge in [0, 0.05) is 31.7 Å². The van der Waals surface area contributed by atoms with Gasteiger partial charge in [0.1, 0.15) is 5.82 Å². The Bertz CT molecular complexity index is 490. The van der Waals surface area contributed by atoms with Crippen LogP contribution in [0.1, 0.15) is 38.2 Å². The number of halogens is 2. The molecule has 0 amide bonds. The van der Waals surface area contributed by atoms with Crippen molar-refractivity contribution in [3.05, 3.63) is 34.1 Å². The van der Waals surface area contributed by atoms with E-state index in [2.05, 4.69) is 33.1 Å². The highest BCUT2D eigenvalue weighted by atomic mass is 79.9. The summed E-state index contributed by atoms with van der Waals surface area (Å²) in [6.07, 6.45) is 5.14. The summed E-state index contributed by atoms with van der Waals surface area (Å²) >= 11 is 3.41. The number of benzene rings is 1. The lowest BCUT2D eigenvalue weighted by atomic mass is 10.0. The van der Waals surface area contributed by atoms with Crippen LogP contribution in [0.15, 0.2) is 22.7 Å². The Morgan fingerprint density at radius 1 is 1.38 bits per heavy atom. The molecule has 1 saturated heterocycles. The maximum Gasteiger partial charge on any atom is 0.137 e. The third-order valence-corrected chi connectivity index (χ3v) is 5.64. The largest absolute Gasteiger partial charge is 0.311 e. The van der Waals surface area contributed by atoms with Gasteiger partial charge in [0.15, 0.2) is 0 Å². The smallest absolute Gasteiger partial charge is 0.137 e. The molecular formula is C17H24BrFN2. The predicted octanol–water partition coefficient (Wildman–Crippen LogP) is 3.94. The first-order valence-corrected chi connectivity index (χ1v) is 8.88. The van der Waals surface area contributed by atoms with Gasteiger partial charge in [0.25, 0.3) is 0 Å². The quantitative estimate of drug-likeness (QED) is 0.861. The van der Waals surface area contributed by atoms with E-state index >= 15 is 0 Å². The summed E-state index contributed by atoms with van der Waals surface area (Å²) in [5.41, 5.74) is 1.07. The minimum atomic E-state index is -0.157. The van der Waals surface area contributed by atoms with E-state index in [1.165, 1.54) is 31.7 Å². The molecule has 21 heavy (non-hydrogen) atoms. The Balaban J connectivity index is 1.73. The zero-order valence-electron chi connectivity index (χ0n) is 12.6. The van der Waals surface area contributed by atoms with Crippen molar-refractivity contribution in [1.82, 2.24) is 10.2 Å². The van der Waals surface area contributed by atoms with E-state index < -0.39 is 0 Å². The number of nitrogens with zero attached hydrogens (tertiary/aromatic N) is 1. The molecule has 116 valence electrons. The first-order valence-electron chi connectivity index (χ1n) is 8.09. The Morgan fingerprint density at radius 3 is 2.90 bits per heavy atom. The molecule has 0 radical (unpaired) electrons. The first-order chi connectivity index (χ1) is 10.2. The highest BCUT2D eigenvalue weighted by molar-refractivity contribution is 9.10. The standard InChI is InChI=1S/C17H24BrFN2/c1-2-4-14-11-21(16(9-20-14)12-7-8-12)10-13-5-3-6-15(19)17(13)18/h3,5-6,12,14,16,20H,2,4,7-11H2,1H3. The average molecular weight is 355 g/mol. The predicted molar refractivity (Wildman–Crippen MR) is 87.7 cm³/mol. The summed E-state index contributed by atoms with van der Waals surface area (Å²) < 4.78 is 14.4. The van der Waals surface area contributed by atoms with E-state index in [1.54, 1.807) is 0 Å². The van der Waals surface area contributed by atoms with E-state index in [0.29, 0.717) is 16.6 Å². The topological polar surface area (TPSA) is 15.3 Å². The van der Waals surface area contributed by atoms with Gasteiger partial charge in [-0.05, 0) is 52.7 Å². The van der Waals surface area contributed by atoms with Gasteiger partial charge in [-0.1, -0.05) is 25.5 Å². The van der Waals surface area contributed by atoms with E-state index in [-0.39, 0.29) is 5.82 Å². The summed E-state index contributed by atoms with van der Waals surface area (Å²) in [4.78, 5) is 2.58. The van der Waals surface area contributed by atoms with Crippen molar-refractivity contribution in [3.8, 4) is 0 Å².